The van der Waals surface area contributed by atoms with Gasteiger partial charge in [-0.15, -0.1) is 0 Å². The van der Waals surface area contributed by atoms with E-state index in [-0.39, 0.29) is 42.3 Å². The van der Waals surface area contributed by atoms with Gasteiger partial charge in [0.05, 0.1) is 0 Å². The van der Waals surface area contributed by atoms with Gasteiger partial charge < -0.3 is 37.2 Å². The molecule has 6 aromatic rings. The summed E-state index contributed by atoms with van der Waals surface area (Å²) in [5.41, 5.74) is 24.4. The van der Waals surface area contributed by atoms with E-state index in [0.29, 0.717) is 0 Å². The van der Waals surface area contributed by atoms with E-state index < -0.39 is 8.07 Å². The van der Waals surface area contributed by atoms with Crippen LogP contribution in [0.25, 0.3) is 33.4 Å². The summed E-state index contributed by atoms with van der Waals surface area (Å²) in [5.74, 6) is 0. The second kappa shape index (κ2) is 18.3. The molecule has 302 valence electrons. The average molecular weight is 888 g/mol. The van der Waals surface area contributed by atoms with Gasteiger partial charge in [-0.1, -0.05) is 0 Å². The summed E-state index contributed by atoms with van der Waals surface area (Å²) >= 11 is 2.46. The third-order valence-corrected chi connectivity index (χ3v) is 20.9. The van der Waals surface area contributed by atoms with E-state index in [1.165, 1.54) is 120 Å². The van der Waals surface area contributed by atoms with Gasteiger partial charge in [-0.05, 0) is 0 Å². The molecule has 0 N–H and O–H groups in total. The van der Waals surface area contributed by atoms with Gasteiger partial charge in [-0.3, -0.25) is 0 Å². The summed E-state index contributed by atoms with van der Waals surface area (Å²) < 4.78 is 1.49. The molecule has 5 heteroatoms. The van der Waals surface area contributed by atoms with Gasteiger partial charge in [0.15, 0.2) is 0 Å². The van der Waals surface area contributed by atoms with E-state index in [1.54, 1.807) is 0 Å². The molecule has 0 heterocycles. The molecule has 0 saturated heterocycles. The van der Waals surface area contributed by atoms with Gasteiger partial charge in [0.2, 0.25) is 0 Å². The fourth-order valence-electron chi connectivity index (χ4n) is 11.0. The SMILES string of the molecule is CC1=C(C)C(C)([Si](c2ccccc2-c2c(C)cc(C)cc2C)(c2ccccc2-c2c(C)cc(C)cc2C)c2ccccc2-c2c(C)cc(C)cc2C)[C]([Ti+3])=C1C.[Cl-].[Cl-].[Cl-]. The minimum absolute atomic E-state index is 0. The molecule has 0 nitrogen and oxygen atoms in total. The molecule has 0 bridgehead atoms. The minimum Gasteiger partial charge on any atom is -1.00 e. The largest absolute Gasteiger partial charge is 1.00 e. The van der Waals surface area contributed by atoms with E-state index in [9.17, 15) is 0 Å². The normalized spacial score (nSPS) is 15.2. The van der Waals surface area contributed by atoms with Crippen LogP contribution in [0.4, 0.5) is 0 Å². The summed E-state index contributed by atoms with van der Waals surface area (Å²) in [7, 11) is -3.30. The Kier molecular flexibility index (Phi) is 15.0. The Morgan fingerprint density at radius 1 is 0.390 bits per heavy atom. The van der Waals surface area contributed by atoms with Crippen molar-refractivity contribution in [2.24, 2.45) is 0 Å². The second-order valence-electron chi connectivity index (χ2n) is 17.1. The molecule has 6 aromatic carbocycles. The van der Waals surface area contributed by atoms with Crippen LogP contribution in [-0.2, 0) is 20.4 Å². The van der Waals surface area contributed by atoms with Crippen LogP contribution < -0.4 is 52.8 Å². The van der Waals surface area contributed by atoms with Crippen molar-refractivity contribution in [2.75, 3.05) is 0 Å². The van der Waals surface area contributed by atoms with Crippen LogP contribution in [0.1, 0.15) is 77.8 Å². The molecule has 1 unspecified atom stereocenters. The molecule has 0 spiro atoms. The van der Waals surface area contributed by atoms with Gasteiger partial charge in [0.1, 0.15) is 0 Å². The van der Waals surface area contributed by atoms with Crippen LogP contribution in [0.3, 0.4) is 0 Å². The topological polar surface area (TPSA) is 0 Å². The van der Waals surface area contributed by atoms with Gasteiger partial charge in [-0.2, -0.15) is 0 Å². The summed E-state index contributed by atoms with van der Waals surface area (Å²) in [6.07, 6.45) is 0. The molecule has 59 heavy (non-hydrogen) atoms. The number of aryl methyl sites for hydroxylation is 9. The first kappa shape index (κ1) is 48.3. The molecular weight excluding hydrogens is 831 g/mol. The van der Waals surface area contributed by atoms with Gasteiger partial charge in [0, 0.05) is 0 Å². The van der Waals surface area contributed by atoms with Crippen molar-refractivity contribution in [3.63, 3.8) is 0 Å². The van der Waals surface area contributed by atoms with Crippen LogP contribution in [0.15, 0.2) is 130 Å². The van der Waals surface area contributed by atoms with E-state index in [4.69, 9.17) is 0 Å². The molecule has 0 radical (unpaired) electrons. The Morgan fingerprint density at radius 3 is 0.881 bits per heavy atom. The van der Waals surface area contributed by atoms with Crippen molar-refractivity contribution in [1.29, 1.82) is 0 Å². The standard InChI is InChI=1S/C54H57Si.3ClH.Ti/c1-33-26-36(4)51(37(5)27-33)45-20-14-17-23-48(45)55(54(13)32-42(10)43(11)44(54)12,49-24-18-15-21-46(49)52-38(6)28-34(2)29-39(52)7)50-25-19-16-22-47(50)53-40(8)30-35(3)31-41(53)9;;;;/h14-31H,1-13H3;3*1H;/q;;;;+3/p-3. The van der Waals surface area contributed by atoms with Crippen molar-refractivity contribution in [2.45, 2.75) is 95.0 Å². The summed E-state index contributed by atoms with van der Waals surface area (Å²) in [6.45, 7) is 30.4. The van der Waals surface area contributed by atoms with Crippen molar-refractivity contribution in [3.05, 3.63) is 180 Å². The molecule has 7 rings (SSSR count). The molecule has 0 aliphatic heterocycles. The first-order valence-electron chi connectivity index (χ1n) is 20.2. The third kappa shape index (κ3) is 7.64. The fraction of sp³-hybridized carbons (Fsp3) is 0.259. The smallest absolute Gasteiger partial charge is 1.00 e. The number of benzene rings is 6. The van der Waals surface area contributed by atoms with Crippen molar-refractivity contribution in [3.8, 4) is 33.4 Å². The monoisotopic (exact) mass is 886 g/mol. The molecule has 1 atom stereocenters. The second-order valence-corrected chi connectivity index (χ2v) is 22.0. The quantitative estimate of drug-likeness (QED) is 0.169. The first-order chi connectivity index (χ1) is 26.5. The van der Waals surface area contributed by atoms with Crippen molar-refractivity contribution in [1.82, 2.24) is 0 Å². The zero-order valence-electron chi connectivity index (χ0n) is 37.0. The molecular formula is C54H57Cl3SiTi. The van der Waals surface area contributed by atoms with Gasteiger partial charge in [-0.25, -0.2) is 0 Å². The summed E-state index contributed by atoms with van der Waals surface area (Å²) in [4.78, 5) is 0. The predicted octanol–water partition coefficient (Wildman–Crippen LogP) is 3.88. The number of hydrogen-bond acceptors (Lipinski definition) is 0. The molecule has 0 aromatic heterocycles. The van der Waals surface area contributed by atoms with Crippen LogP contribution in [0, 0.1) is 62.3 Å². The first-order valence-corrected chi connectivity index (χ1v) is 23.0. The van der Waals surface area contributed by atoms with Gasteiger partial charge >= 0.3 is 352 Å². The maximum absolute atomic E-state index is 3.30. The molecule has 1 aliphatic carbocycles. The van der Waals surface area contributed by atoms with E-state index in [2.05, 4.69) is 220 Å². The Labute approximate surface area is 386 Å². The molecule has 0 saturated carbocycles. The zero-order valence-corrected chi connectivity index (χ0v) is 41.9. The van der Waals surface area contributed by atoms with Crippen LogP contribution in [0.2, 0.25) is 5.04 Å². The molecule has 0 fully saturated rings. The summed E-state index contributed by atoms with van der Waals surface area (Å²) in [6, 6.07) is 43.0. The van der Waals surface area contributed by atoms with Crippen molar-refractivity contribution < 1.29 is 57.7 Å². The average Bonchev–Trinajstić information content (AvgIpc) is 3.28. The number of allylic oxidation sites excluding steroid dienone is 4. The van der Waals surface area contributed by atoms with Crippen LogP contribution >= 0.6 is 0 Å². The van der Waals surface area contributed by atoms with Crippen LogP contribution in [0.5, 0.6) is 0 Å². The molecule has 0 amide bonds. The van der Waals surface area contributed by atoms with E-state index >= 15 is 0 Å². The van der Waals surface area contributed by atoms with E-state index in [1.807, 2.05) is 0 Å². The van der Waals surface area contributed by atoms with Crippen molar-refractivity contribution >= 4 is 23.6 Å². The Morgan fingerprint density at radius 2 is 0.644 bits per heavy atom. The third-order valence-electron chi connectivity index (χ3n) is 13.3. The molecule has 1 aliphatic rings. The minimum atomic E-state index is -3.30. The number of halogens is 3. The Bertz CT molecular complexity index is 2310. The Hall–Kier alpha value is -3.40. The van der Waals surface area contributed by atoms with E-state index in [0.717, 1.165) is 0 Å². The summed E-state index contributed by atoms with van der Waals surface area (Å²) in [5, 5.41) is 4.12. The zero-order chi connectivity index (χ0) is 40.4. The fourth-order valence-corrected chi connectivity index (χ4v) is 19.2. The number of rotatable bonds is 7. The van der Waals surface area contributed by atoms with Gasteiger partial charge in [0.25, 0.3) is 0 Å². The maximum atomic E-state index is 2.63. The Balaban J connectivity index is 0.00000256. The predicted molar refractivity (Wildman–Crippen MR) is 242 cm³/mol. The van der Waals surface area contributed by atoms with Crippen LogP contribution in [-0.4, -0.2) is 8.07 Å². The number of hydrogen-bond donors (Lipinski definition) is 0. The maximum Gasteiger partial charge on any atom is -1.00 e.